The van der Waals surface area contributed by atoms with Crippen LogP contribution in [0.3, 0.4) is 0 Å². The van der Waals surface area contributed by atoms with Crippen molar-refractivity contribution < 1.29 is 9.53 Å². The lowest BCUT2D eigenvalue weighted by molar-refractivity contribution is -0.139. The average molecular weight is 376 g/mol. The highest BCUT2D eigenvalue weighted by molar-refractivity contribution is 6.19. The second kappa shape index (κ2) is 7.31. The van der Waals surface area contributed by atoms with E-state index in [0.29, 0.717) is 19.0 Å². The van der Waals surface area contributed by atoms with E-state index in [0.717, 1.165) is 35.6 Å². The predicted octanol–water partition coefficient (Wildman–Crippen LogP) is 3.47. The van der Waals surface area contributed by atoms with E-state index in [4.69, 9.17) is 21.3 Å². The van der Waals surface area contributed by atoms with Gasteiger partial charge in [0.05, 0.1) is 12.5 Å². The first-order valence-electron chi connectivity index (χ1n) is 8.92. The highest BCUT2D eigenvalue weighted by Gasteiger charge is 2.33. The number of aryl methyl sites for hydroxylation is 1. The molecule has 26 heavy (non-hydrogen) atoms. The molecule has 1 saturated heterocycles. The van der Waals surface area contributed by atoms with Gasteiger partial charge in [0.25, 0.3) is 0 Å². The minimum Gasteiger partial charge on any atom is -0.494 e. The number of hydrogen-bond donors (Lipinski definition) is 0. The molecule has 0 atom stereocenters. The highest BCUT2D eigenvalue weighted by atomic mass is 35.5. The van der Waals surface area contributed by atoms with E-state index < -0.39 is 5.41 Å². The molecule has 1 amide bonds. The first-order valence-corrected chi connectivity index (χ1v) is 9.45. The van der Waals surface area contributed by atoms with Crippen LogP contribution in [-0.2, 0) is 4.79 Å². The molecule has 0 bridgehead atoms. The number of fused-ring (bicyclic) bond motifs is 1. The molecule has 5 nitrogen and oxygen atoms in total. The van der Waals surface area contributed by atoms with Crippen LogP contribution in [0, 0.1) is 12.3 Å². The summed E-state index contributed by atoms with van der Waals surface area (Å²) in [6.07, 6.45) is 0. The predicted molar refractivity (Wildman–Crippen MR) is 106 cm³/mol. The fourth-order valence-corrected chi connectivity index (χ4v) is 3.44. The summed E-state index contributed by atoms with van der Waals surface area (Å²) >= 11 is 5.95. The summed E-state index contributed by atoms with van der Waals surface area (Å²) in [5.74, 6) is 2.17. The lowest BCUT2D eigenvalue weighted by Gasteiger charge is -2.38. The SMILES string of the molecule is COc1cccc2c(C)cc(N3CCN(C(=O)C(C)(C)CCl)CC3)nc12. The maximum Gasteiger partial charge on any atom is 0.229 e. The number of pyridine rings is 1. The summed E-state index contributed by atoms with van der Waals surface area (Å²) in [6, 6.07) is 8.10. The number of piperazine rings is 1. The van der Waals surface area contributed by atoms with Crippen molar-refractivity contribution >= 4 is 34.2 Å². The van der Waals surface area contributed by atoms with Crippen LogP contribution in [0.1, 0.15) is 19.4 Å². The molecule has 0 saturated carbocycles. The number of hydrogen-bond acceptors (Lipinski definition) is 4. The number of aromatic nitrogens is 1. The fraction of sp³-hybridized carbons (Fsp3) is 0.500. The largest absolute Gasteiger partial charge is 0.494 e. The number of alkyl halides is 1. The smallest absolute Gasteiger partial charge is 0.229 e. The normalized spacial score (nSPS) is 15.4. The number of benzene rings is 1. The third-order valence-corrected chi connectivity index (χ3v) is 5.69. The van der Waals surface area contributed by atoms with Gasteiger partial charge in [0.15, 0.2) is 0 Å². The number of anilines is 1. The highest BCUT2D eigenvalue weighted by Crippen LogP contribution is 2.30. The summed E-state index contributed by atoms with van der Waals surface area (Å²) in [4.78, 5) is 21.6. The zero-order valence-electron chi connectivity index (χ0n) is 15.9. The van der Waals surface area contributed by atoms with Gasteiger partial charge in [-0.05, 0) is 38.5 Å². The van der Waals surface area contributed by atoms with Crippen LogP contribution in [-0.4, -0.2) is 55.0 Å². The van der Waals surface area contributed by atoms with Gasteiger partial charge in [0.2, 0.25) is 5.91 Å². The summed E-state index contributed by atoms with van der Waals surface area (Å²) in [5.41, 5.74) is 1.53. The molecule has 2 heterocycles. The van der Waals surface area contributed by atoms with E-state index in [-0.39, 0.29) is 5.91 Å². The first-order chi connectivity index (χ1) is 12.4. The summed E-state index contributed by atoms with van der Waals surface area (Å²) < 4.78 is 5.48. The van der Waals surface area contributed by atoms with Gasteiger partial charge < -0.3 is 14.5 Å². The number of ether oxygens (including phenoxy) is 1. The molecule has 0 aliphatic carbocycles. The molecule has 1 aliphatic heterocycles. The van der Waals surface area contributed by atoms with Crippen LogP contribution in [0.25, 0.3) is 10.9 Å². The number of methoxy groups -OCH3 is 1. The van der Waals surface area contributed by atoms with Crippen LogP contribution in [0.4, 0.5) is 5.82 Å². The number of nitrogens with zero attached hydrogens (tertiary/aromatic N) is 3. The van der Waals surface area contributed by atoms with Gasteiger partial charge in [0.1, 0.15) is 17.1 Å². The van der Waals surface area contributed by atoms with Crippen molar-refractivity contribution in [1.29, 1.82) is 0 Å². The number of amides is 1. The summed E-state index contributed by atoms with van der Waals surface area (Å²) in [6.45, 7) is 8.78. The zero-order valence-corrected chi connectivity index (χ0v) is 16.6. The van der Waals surface area contributed by atoms with Gasteiger partial charge in [-0.25, -0.2) is 4.98 Å². The monoisotopic (exact) mass is 375 g/mol. The Morgan fingerprint density at radius 1 is 1.27 bits per heavy atom. The minimum absolute atomic E-state index is 0.122. The van der Waals surface area contributed by atoms with Gasteiger partial charge in [0, 0.05) is 37.4 Å². The lowest BCUT2D eigenvalue weighted by atomic mass is 9.94. The Hall–Kier alpha value is -2.01. The van der Waals surface area contributed by atoms with E-state index in [1.807, 2.05) is 30.9 Å². The van der Waals surface area contributed by atoms with Crippen LogP contribution < -0.4 is 9.64 Å². The zero-order chi connectivity index (χ0) is 18.9. The Kier molecular flexibility index (Phi) is 5.28. The van der Waals surface area contributed by atoms with Crippen molar-refractivity contribution in [3.63, 3.8) is 0 Å². The van der Waals surface area contributed by atoms with Gasteiger partial charge >= 0.3 is 0 Å². The molecule has 1 fully saturated rings. The Balaban J connectivity index is 1.81. The van der Waals surface area contributed by atoms with Crippen molar-refractivity contribution in [2.24, 2.45) is 5.41 Å². The van der Waals surface area contributed by atoms with E-state index >= 15 is 0 Å². The molecule has 0 radical (unpaired) electrons. The van der Waals surface area contributed by atoms with E-state index in [9.17, 15) is 4.79 Å². The maximum atomic E-state index is 12.6. The average Bonchev–Trinajstić information content (AvgIpc) is 2.67. The second-order valence-corrected chi connectivity index (χ2v) is 7.72. The number of halogens is 1. The van der Waals surface area contributed by atoms with E-state index in [2.05, 4.69) is 24.0 Å². The van der Waals surface area contributed by atoms with E-state index in [1.54, 1.807) is 7.11 Å². The Morgan fingerprint density at radius 3 is 2.58 bits per heavy atom. The molecule has 2 aromatic rings. The van der Waals surface area contributed by atoms with Gasteiger partial charge in [-0.15, -0.1) is 11.6 Å². The standard InChI is InChI=1S/C20H26ClN3O2/c1-14-12-17(22-18-15(14)6-5-7-16(18)26-4)23-8-10-24(11-9-23)19(25)20(2,3)13-21/h5-7,12H,8-11,13H2,1-4H3. The lowest BCUT2D eigenvalue weighted by Crippen LogP contribution is -2.52. The molecule has 1 aromatic carbocycles. The van der Waals surface area contributed by atoms with Crippen LogP contribution in [0.2, 0.25) is 0 Å². The molecule has 0 spiro atoms. The Bertz CT molecular complexity index is 814. The molecule has 3 rings (SSSR count). The van der Waals surface area contributed by atoms with Gasteiger partial charge in [-0.2, -0.15) is 0 Å². The first kappa shape index (κ1) is 18.8. The maximum absolute atomic E-state index is 12.6. The number of para-hydroxylation sites is 1. The van der Waals surface area contributed by atoms with Gasteiger partial charge in [-0.3, -0.25) is 4.79 Å². The molecule has 140 valence electrons. The number of carbonyl (C=O) groups is 1. The van der Waals surface area contributed by atoms with E-state index in [1.165, 1.54) is 5.56 Å². The molecule has 6 heteroatoms. The molecule has 1 aromatic heterocycles. The second-order valence-electron chi connectivity index (χ2n) is 7.45. The van der Waals surface area contributed by atoms with Gasteiger partial charge in [-0.1, -0.05) is 12.1 Å². The van der Waals surface area contributed by atoms with Crippen LogP contribution in [0.15, 0.2) is 24.3 Å². The van der Waals surface area contributed by atoms with Crippen molar-refractivity contribution in [3.8, 4) is 5.75 Å². The quantitative estimate of drug-likeness (QED) is 0.768. The van der Waals surface area contributed by atoms with Crippen LogP contribution in [0.5, 0.6) is 5.75 Å². The Morgan fingerprint density at radius 2 is 1.96 bits per heavy atom. The third-order valence-electron chi connectivity index (χ3n) is 5.02. The van der Waals surface area contributed by atoms with Crippen molar-refractivity contribution in [3.05, 3.63) is 29.8 Å². The molecule has 0 N–H and O–H groups in total. The topological polar surface area (TPSA) is 45.7 Å². The van der Waals surface area contributed by atoms with Crippen molar-refractivity contribution in [2.45, 2.75) is 20.8 Å². The molecular weight excluding hydrogens is 350 g/mol. The Labute approximate surface area is 159 Å². The number of rotatable bonds is 4. The third kappa shape index (κ3) is 3.45. The summed E-state index contributed by atoms with van der Waals surface area (Å²) in [5, 5.41) is 1.10. The fourth-order valence-electron chi connectivity index (χ4n) is 3.32. The number of carbonyl (C=O) groups excluding carboxylic acids is 1. The van der Waals surface area contributed by atoms with Crippen molar-refractivity contribution in [2.75, 3.05) is 44.1 Å². The molecule has 1 aliphatic rings. The summed E-state index contributed by atoms with van der Waals surface area (Å²) in [7, 11) is 1.67. The molecular formula is C20H26ClN3O2. The van der Waals surface area contributed by atoms with Crippen molar-refractivity contribution in [1.82, 2.24) is 9.88 Å². The minimum atomic E-state index is -0.519. The van der Waals surface area contributed by atoms with Crippen LogP contribution >= 0.6 is 11.6 Å². The molecule has 0 unspecified atom stereocenters.